The summed E-state index contributed by atoms with van der Waals surface area (Å²) in [6.07, 6.45) is 2.27. The topological polar surface area (TPSA) is 24.5 Å². The van der Waals surface area contributed by atoms with Crippen LogP contribution in [0.5, 0.6) is 5.75 Å². The van der Waals surface area contributed by atoms with E-state index in [0.29, 0.717) is 6.04 Å². The van der Waals surface area contributed by atoms with Crippen LogP contribution in [0, 0.1) is 13.8 Å². The molecule has 0 saturated carbocycles. The molecule has 1 saturated heterocycles. The molecule has 1 aliphatic rings. The van der Waals surface area contributed by atoms with Gasteiger partial charge in [0, 0.05) is 25.7 Å². The van der Waals surface area contributed by atoms with Crippen LogP contribution in [0.1, 0.15) is 23.1 Å². The summed E-state index contributed by atoms with van der Waals surface area (Å²) in [4.78, 5) is 2.46. The van der Waals surface area contributed by atoms with Crippen molar-refractivity contribution in [2.75, 3.05) is 33.8 Å². The first kappa shape index (κ1) is 14.4. The monoisotopic (exact) mass is 262 g/mol. The second kappa shape index (κ2) is 6.40. The molecule has 1 unspecified atom stereocenters. The largest absolute Gasteiger partial charge is 0.496 e. The van der Waals surface area contributed by atoms with Crippen LogP contribution in [0.2, 0.25) is 0 Å². The minimum absolute atomic E-state index is 0.638. The molecule has 1 heterocycles. The highest BCUT2D eigenvalue weighted by Gasteiger charge is 2.19. The molecule has 2 rings (SSSR count). The molecular formula is C16H26N2O. The Bertz CT molecular complexity index is 431. The highest BCUT2D eigenvalue weighted by Crippen LogP contribution is 2.27. The predicted molar refractivity (Wildman–Crippen MR) is 80.1 cm³/mol. The van der Waals surface area contributed by atoms with Crippen LogP contribution in [-0.4, -0.2) is 44.7 Å². The van der Waals surface area contributed by atoms with Gasteiger partial charge < -0.3 is 15.0 Å². The normalized spacial score (nSPS) is 20.5. The maximum absolute atomic E-state index is 5.57. The Hall–Kier alpha value is -1.06. The number of piperazine rings is 1. The molecule has 1 aromatic carbocycles. The summed E-state index contributed by atoms with van der Waals surface area (Å²) in [7, 11) is 4.00. The van der Waals surface area contributed by atoms with Crippen LogP contribution in [0.4, 0.5) is 0 Å². The number of methoxy groups -OCH3 is 1. The van der Waals surface area contributed by atoms with E-state index in [1.54, 1.807) is 7.11 Å². The van der Waals surface area contributed by atoms with Crippen LogP contribution < -0.4 is 10.1 Å². The molecule has 106 valence electrons. The van der Waals surface area contributed by atoms with Gasteiger partial charge in [-0.15, -0.1) is 0 Å². The zero-order chi connectivity index (χ0) is 13.8. The summed E-state index contributed by atoms with van der Waals surface area (Å²) in [5.74, 6) is 1.07. The lowest BCUT2D eigenvalue weighted by Crippen LogP contribution is -2.49. The van der Waals surface area contributed by atoms with E-state index in [9.17, 15) is 0 Å². The third kappa shape index (κ3) is 3.48. The molecule has 1 fully saturated rings. The minimum atomic E-state index is 0.638. The van der Waals surface area contributed by atoms with Gasteiger partial charge in [0.2, 0.25) is 0 Å². The van der Waals surface area contributed by atoms with E-state index in [-0.39, 0.29) is 0 Å². The first-order valence-electron chi connectivity index (χ1n) is 7.17. The summed E-state index contributed by atoms with van der Waals surface area (Å²) in [6.45, 7) is 7.64. The van der Waals surface area contributed by atoms with Gasteiger partial charge in [0.15, 0.2) is 0 Å². The summed E-state index contributed by atoms with van der Waals surface area (Å²) < 4.78 is 5.57. The Morgan fingerprint density at radius 3 is 2.84 bits per heavy atom. The molecule has 0 aromatic heterocycles. The molecule has 19 heavy (non-hydrogen) atoms. The lowest BCUT2D eigenvalue weighted by molar-refractivity contribution is 0.190. The van der Waals surface area contributed by atoms with Gasteiger partial charge in [0.1, 0.15) is 5.75 Å². The SMILES string of the molecule is COc1c(C)cc(C)cc1CCC1CNCCN1C. The first-order valence-corrected chi connectivity index (χ1v) is 7.17. The van der Waals surface area contributed by atoms with E-state index < -0.39 is 0 Å². The zero-order valence-corrected chi connectivity index (χ0v) is 12.6. The number of nitrogens with zero attached hydrogens (tertiary/aromatic N) is 1. The molecular weight excluding hydrogens is 236 g/mol. The Labute approximate surface area is 116 Å². The fraction of sp³-hybridized carbons (Fsp3) is 0.625. The highest BCUT2D eigenvalue weighted by molar-refractivity contribution is 5.43. The van der Waals surface area contributed by atoms with Crippen LogP contribution in [0.25, 0.3) is 0 Å². The van der Waals surface area contributed by atoms with Gasteiger partial charge in [-0.25, -0.2) is 0 Å². The van der Waals surface area contributed by atoms with E-state index >= 15 is 0 Å². The molecule has 0 bridgehead atoms. The molecule has 1 N–H and O–H groups in total. The van der Waals surface area contributed by atoms with Gasteiger partial charge in [-0.1, -0.05) is 17.7 Å². The number of rotatable bonds is 4. The van der Waals surface area contributed by atoms with Crippen molar-refractivity contribution in [3.8, 4) is 5.75 Å². The van der Waals surface area contributed by atoms with Gasteiger partial charge in [-0.2, -0.15) is 0 Å². The van der Waals surface area contributed by atoms with Gasteiger partial charge in [0.25, 0.3) is 0 Å². The quantitative estimate of drug-likeness (QED) is 0.900. The Morgan fingerprint density at radius 2 is 2.16 bits per heavy atom. The second-order valence-electron chi connectivity index (χ2n) is 5.65. The molecule has 0 aliphatic carbocycles. The van der Waals surface area contributed by atoms with Crippen molar-refractivity contribution in [3.63, 3.8) is 0 Å². The fourth-order valence-corrected chi connectivity index (χ4v) is 3.03. The molecule has 3 heteroatoms. The van der Waals surface area contributed by atoms with Crippen molar-refractivity contribution in [2.45, 2.75) is 32.7 Å². The van der Waals surface area contributed by atoms with Gasteiger partial charge in [-0.3, -0.25) is 0 Å². The van der Waals surface area contributed by atoms with Gasteiger partial charge in [-0.05, 0) is 44.9 Å². The molecule has 3 nitrogen and oxygen atoms in total. The number of aryl methyl sites for hydroxylation is 3. The van der Waals surface area contributed by atoms with Crippen molar-refractivity contribution in [1.82, 2.24) is 10.2 Å². The third-order valence-corrected chi connectivity index (χ3v) is 4.09. The number of hydrogen-bond donors (Lipinski definition) is 1. The zero-order valence-electron chi connectivity index (χ0n) is 12.6. The average Bonchev–Trinajstić information content (AvgIpc) is 2.37. The second-order valence-corrected chi connectivity index (χ2v) is 5.65. The standard InChI is InChI=1S/C16H26N2O/c1-12-9-13(2)16(19-4)14(10-12)5-6-15-11-17-7-8-18(15)3/h9-10,15,17H,5-8,11H2,1-4H3. The Balaban J connectivity index is 2.06. The molecule has 0 radical (unpaired) electrons. The smallest absolute Gasteiger partial charge is 0.124 e. The number of nitrogens with one attached hydrogen (secondary N) is 1. The van der Waals surface area contributed by atoms with Crippen molar-refractivity contribution in [1.29, 1.82) is 0 Å². The van der Waals surface area contributed by atoms with Crippen LogP contribution in [-0.2, 0) is 6.42 Å². The molecule has 0 spiro atoms. The number of benzene rings is 1. The fourth-order valence-electron chi connectivity index (χ4n) is 3.03. The minimum Gasteiger partial charge on any atom is -0.496 e. The lowest BCUT2D eigenvalue weighted by Gasteiger charge is -2.33. The van der Waals surface area contributed by atoms with E-state index in [0.717, 1.165) is 31.8 Å². The molecule has 1 aliphatic heterocycles. The molecule has 1 atom stereocenters. The number of likely N-dealkylation sites (N-methyl/N-ethyl adjacent to an activating group) is 1. The highest BCUT2D eigenvalue weighted by atomic mass is 16.5. The van der Waals surface area contributed by atoms with E-state index in [1.165, 1.54) is 23.1 Å². The van der Waals surface area contributed by atoms with Crippen LogP contribution >= 0.6 is 0 Å². The molecule has 1 aromatic rings. The summed E-state index contributed by atoms with van der Waals surface area (Å²) >= 11 is 0. The van der Waals surface area contributed by atoms with E-state index in [1.807, 2.05) is 0 Å². The number of ether oxygens (including phenoxy) is 1. The number of hydrogen-bond acceptors (Lipinski definition) is 3. The first-order chi connectivity index (χ1) is 9.11. The predicted octanol–water partition coefficient (Wildman–Crippen LogP) is 2.15. The van der Waals surface area contributed by atoms with Crippen molar-refractivity contribution in [3.05, 3.63) is 28.8 Å². The van der Waals surface area contributed by atoms with Gasteiger partial charge >= 0.3 is 0 Å². The summed E-state index contributed by atoms with van der Waals surface area (Å²) in [5, 5.41) is 3.48. The molecule has 0 amide bonds. The van der Waals surface area contributed by atoms with Gasteiger partial charge in [0.05, 0.1) is 7.11 Å². The van der Waals surface area contributed by atoms with Crippen molar-refractivity contribution >= 4 is 0 Å². The Morgan fingerprint density at radius 1 is 1.37 bits per heavy atom. The third-order valence-electron chi connectivity index (χ3n) is 4.09. The Kier molecular flexibility index (Phi) is 4.83. The maximum Gasteiger partial charge on any atom is 0.124 e. The summed E-state index contributed by atoms with van der Waals surface area (Å²) in [6, 6.07) is 5.10. The average molecular weight is 262 g/mol. The summed E-state index contributed by atoms with van der Waals surface area (Å²) in [5.41, 5.74) is 3.91. The van der Waals surface area contributed by atoms with E-state index in [2.05, 4.69) is 43.2 Å². The van der Waals surface area contributed by atoms with Crippen LogP contribution in [0.3, 0.4) is 0 Å². The van der Waals surface area contributed by atoms with Crippen LogP contribution in [0.15, 0.2) is 12.1 Å². The van der Waals surface area contributed by atoms with Crippen molar-refractivity contribution in [2.24, 2.45) is 0 Å². The maximum atomic E-state index is 5.57. The van der Waals surface area contributed by atoms with E-state index in [4.69, 9.17) is 4.74 Å². The van der Waals surface area contributed by atoms with Crippen molar-refractivity contribution < 1.29 is 4.74 Å². The lowest BCUT2D eigenvalue weighted by atomic mass is 9.98.